The lowest BCUT2D eigenvalue weighted by atomic mass is 10.1. The second-order valence-corrected chi connectivity index (χ2v) is 10.2. The molecule has 0 rings (SSSR count). The predicted molar refractivity (Wildman–Crippen MR) is 168 cm³/mol. The van der Waals surface area contributed by atoms with E-state index < -0.39 is 6.10 Å². The maximum Gasteiger partial charge on any atom is 0.306 e. The second-order valence-electron chi connectivity index (χ2n) is 10.2. The number of ether oxygens (including phenoxy) is 2. The molecule has 0 aliphatic rings. The lowest BCUT2D eigenvalue weighted by Gasteiger charge is -2.15. The van der Waals surface area contributed by atoms with Crippen molar-refractivity contribution in [1.29, 1.82) is 0 Å². The lowest BCUT2D eigenvalue weighted by molar-refractivity contribution is -0.161. The largest absolute Gasteiger partial charge is 0.462 e. The molecule has 0 bridgehead atoms. The summed E-state index contributed by atoms with van der Waals surface area (Å²) in [5, 5.41) is 9.47. The summed E-state index contributed by atoms with van der Waals surface area (Å²) in [5.41, 5.74) is 0. The zero-order valence-corrected chi connectivity index (χ0v) is 25.6. The molecular weight excluding hydrogens is 500 g/mol. The van der Waals surface area contributed by atoms with Gasteiger partial charge in [0, 0.05) is 12.8 Å². The number of allylic oxidation sites excluding steroid dienone is 10. The van der Waals surface area contributed by atoms with Crippen molar-refractivity contribution in [3.05, 3.63) is 60.8 Å². The molecule has 0 radical (unpaired) electrons. The van der Waals surface area contributed by atoms with E-state index >= 15 is 0 Å². The van der Waals surface area contributed by atoms with Crippen molar-refractivity contribution in [1.82, 2.24) is 0 Å². The Morgan fingerprint density at radius 3 is 1.90 bits per heavy atom. The van der Waals surface area contributed by atoms with Crippen LogP contribution in [0.15, 0.2) is 60.8 Å². The zero-order chi connectivity index (χ0) is 29.4. The zero-order valence-electron chi connectivity index (χ0n) is 25.6. The van der Waals surface area contributed by atoms with Crippen molar-refractivity contribution in [2.75, 3.05) is 13.2 Å². The highest BCUT2D eigenvalue weighted by Gasteiger charge is 2.15. The van der Waals surface area contributed by atoms with Gasteiger partial charge in [-0.15, -0.1) is 0 Å². The van der Waals surface area contributed by atoms with Gasteiger partial charge >= 0.3 is 11.9 Å². The first-order valence-electron chi connectivity index (χ1n) is 15.9. The Kier molecular flexibility index (Phi) is 29.3. The monoisotopic (exact) mass is 558 g/mol. The van der Waals surface area contributed by atoms with Crippen molar-refractivity contribution in [3.8, 4) is 0 Å². The lowest BCUT2D eigenvalue weighted by Crippen LogP contribution is -2.28. The normalized spacial score (nSPS) is 13.0. The van der Waals surface area contributed by atoms with Gasteiger partial charge in [-0.2, -0.15) is 0 Å². The molecule has 5 nitrogen and oxygen atoms in total. The molecule has 0 aliphatic heterocycles. The number of esters is 2. The van der Waals surface area contributed by atoms with Crippen LogP contribution in [-0.2, 0) is 19.1 Å². The van der Waals surface area contributed by atoms with Crippen LogP contribution in [0.3, 0.4) is 0 Å². The van der Waals surface area contributed by atoms with Gasteiger partial charge < -0.3 is 14.6 Å². The van der Waals surface area contributed by atoms with E-state index in [0.29, 0.717) is 12.8 Å². The van der Waals surface area contributed by atoms with E-state index in [1.165, 1.54) is 38.5 Å². The van der Waals surface area contributed by atoms with Crippen molar-refractivity contribution in [2.45, 2.75) is 136 Å². The number of carbonyl (C=O) groups excluding carboxylic acids is 2. The summed E-state index contributed by atoms with van der Waals surface area (Å²) in [5.74, 6) is -0.702. The maximum absolute atomic E-state index is 12.1. The van der Waals surface area contributed by atoms with Gasteiger partial charge in [0.25, 0.3) is 0 Å². The molecule has 0 amide bonds. The molecule has 0 heterocycles. The molecule has 0 fully saturated rings. The van der Waals surface area contributed by atoms with E-state index in [1.807, 2.05) is 18.2 Å². The number of unbranched alkanes of at least 4 members (excludes halogenated alkanes) is 11. The number of hydrogen-bond donors (Lipinski definition) is 1. The molecular formula is C35H58O5. The fourth-order valence-electron chi connectivity index (χ4n) is 3.96. The fraction of sp³-hybridized carbons (Fsp3) is 0.657. The first-order valence-corrected chi connectivity index (χ1v) is 15.9. The molecule has 5 heteroatoms. The highest BCUT2D eigenvalue weighted by atomic mass is 16.6. The SMILES string of the molecule is CC/C=C/C=C/C=C/CCCCCCCC(=O)OC(CO)COC(=O)CC/C=C/C/C=C/CCCCCCCC. The minimum atomic E-state index is -0.804. The van der Waals surface area contributed by atoms with Crippen LogP contribution in [-0.4, -0.2) is 36.4 Å². The van der Waals surface area contributed by atoms with Crippen LogP contribution in [0.5, 0.6) is 0 Å². The second kappa shape index (κ2) is 31.1. The van der Waals surface area contributed by atoms with Gasteiger partial charge in [0.15, 0.2) is 6.10 Å². The third-order valence-corrected chi connectivity index (χ3v) is 6.37. The molecule has 0 aromatic heterocycles. The molecule has 0 aliphatic carbocycles. The molecule has 0 saturated heterocycles. The summed E-state index contributed by atoms with van der Waals surface area (Å²) in [6, 6.07) is 0. The molecule has 1 unspecified atom stereocenters. The van der Waals surface area contributed by atoms with Crippen LogP contribution < -0.4 is 0 Å². The van der Waals surface area contributed by atoms with Crippen LogP contribution in [0, 0.1) is 0 Å². The summed E-state index contributed by atoms with van der Waals surface area (Å²) in [4.78, 5) is 24.0. The molecule has 1 N–H and O–H groups in total. The van der Waals surface area contributed by atoms with E-state index in [1.54, 1.807) is 0 Å². The van der Waals surface area contributed by atoms with Gasteiger partial charge in [0.1, 0.15) is 6.61 Å². The van der Waals surface area contributed by atoms with Crippen LogP contribution in [0.25, 0.3) is 0 Å². The van der Waals surface area contributed by atoms with E-state index in [0.717, 1.165) is 57.8 Å². The summed E-state index contributed by atoms with van der Waals surface area (Å²) in [6.45, 7) is 3.89. The fourth-order valence-corrected chi connectivity index (χ4v) is 3.96. The Hall–Kier alpha value is -2.40. The Morgan fingerprint density at radius 1 is 0.625 bits per heavy atom. The topological polar surface area (TPSA) is 72.8 Å². The number of aliphatic hydroxyl groups is 1. The average molecular weight is 559 g/mol. The molecule has 0 spiro atoms. The van der Waals surface area contributed by atoms with Crippen molar-refractivity contribution >= 4 is 11.9 Å². The molecule has 228 valence electrons. The number of carbonyl (C=O) groups is 2. The van der Waals surface area contributed by atoms with Crippen LogP contribution in [0.2, 0.25) is 0 Å². The van der Waals surface area contributed by atoms with Gasteiger partial charge in [-0.1, -0.05) is 126 Å². The highest BCUT2D eigenvalue weighted by Crippen LogP contribution is 2.10. The van der Waals surface area contributed by atoms with Gasteiger partial charge in [-0.25, -0.2) is 0 Å². The van der Waals surface area contributed by atoms with Crippen LogP contribution >= 0.6 is 0 Å². The summed E-state index contributed by atoms with van der Waals surface area (Å²) in [7, 11) is 0. The molecule has 40 heavy (non-hydrogen) atoms. The van der Waals surface area contributed by atoms with Gasteiger partial charge in [0.05, 0.1) is 6.61 Å². The van der Waals surface area contributed by atoms with Gasteiger partial charge in [0.2, 0.25) is 0 Å². The summed E-state index contributed by atoms with van der Waals surface area (Å²) in [6.07, 6.45) is 38.5. The molecule has 1 atom stereocenters. The first-order chi connectivity index (χ1) is 19.6. The van der Waals surface area contributed by atoms with Crippen molar-refractivity contribution < 1.29 is 24.2 Å². The van der Waals surface area contributed by atoms with E-state index in [2.05, 4.69) is 56.4 Å². The first kappa shape index (κ1) is 37.6. The van der Waals surface area contributed by atoms with E-state index in [9.17, 15) is 14.7 Å². The average Bonchev–Trinajstić information content (AvgIpc) is 2.96. The Bertz CT molecular complexity index is 732. The molecule has 0 saturated carbocycles. The third kappa shape index (κ3) is 28.6. The highest BCUT2D eigenvalue weighted by molar-refractivity contribution is 5.70. The maximum atomic E-state index is 12.1. The predicted octanol–water partition coefficient (Wildman–Crippen LogP) is 9.28. The third-order valence-electron chi connectivity index (χ3n) is 6.37. The smallest absolute Gasteiger partial charge is 0.306 e. The van der Waals surface area contributed by atoms with Crippen LogP contribution in [0.1, 0.15) is 129 Å². The standard InChI is InChI=1S/C35H58O5/c1-3-5-7-9-11-13-15-17-19-21-23-25-27-29-34(37)39-32-33(31-36)40-35(38)30-28-26-24-22-20-18-16-14-12-10-8-6-4-2/h6,8,10,12,14,16-17,19,23,25,33,36H,3-5,7,9,11,13,15,18,20-22,24,26-32H2,1-2H3/b8-6+,12-10+,16-14+,19-17+,25-23+. The van der Waals surface area contributed by atoms with Crippen molar-refractivity contribution in [3.63, 3.8) is 0 Å². The van der Waals surface area contributed by atoms with E-state index in [-0.39, 0.29) is 31.6 Å². The van der Waals surface area contributed by atoms with Crippen LogP contribution in [0.4, 0.5) is 0 Å². The van der Waals surface area contributed by atoms with Gasteiger partial charge in [-0.05, 0) is 51.4 Å². The minimum Gasteiger partial charge on any atom is -0.462 e. The Balaban J connectivity index is 3.74. The Labute approximate surface area is 245 Å². The molecule has 0 aromatic carbocycles. The minimum absolute atomic E-state index is 0.108. The number of rotatable bonds is 27. The van der Waals surface area contributed by atoms with Gasteiger partial charge in [-0.3, -0.25) is 9.59 Å². The molecule has 0 aromatic rings. The number of aliphatic hydroxyl groups excluding tert-OH is 1. The number of hydrogen-bond acceptors (Lipinski definition) is 5. The summed E-state index contributed by atoms with van der Waals surface area (Å²) < 4.78 is 10.5. The quantitative estimate of drug-likeness (QED) is 0.0471. The Morgan fingerprint density at radius 2 is 1.23 bits per heavy atom. The van der Waals surface area contributed by atoms with E-state index in [4.69, 9.17) is 9.47 Å². The van der Waals surface area contributed by atoms with Crippen molar-refractivity contribution in [2.24, 2.45) is 0 Å². The summed E-state index contributed by atoms with van der Waals surface area (Å²) >= 11 is 0.